The van der Waals surface area contributed by atoms with Gasteiger partial charge in [0.1, 0.15) is 22.8 Å². The lowest BCUT2D eigenvalue weighted by Gasteiger charge is -2.18. The fourth-order valence-electron chi connectivity index (χ4n) is 5.04. The van der Waals surface area contributed by atoms with E-state index >= 15 is 4.39 Å². The highest BCUT2D eigenvalue weighted by atomic mass is 19.3. The summed E-state index contributed by atoms with van der Waals surface area (Å²) in [6.07, 6.45) is 4.03. The zero-order valence-corrected chi connectivity index (χ0v) is 18.8. The van der Waals surface area contributed by atoms with Gasteiger partial charge in [-0.15, -0.1) is 0 Å². The molecule has 2 aliphatic rings. The van der Waals surface area contributed by atoms with Gasteiger partial charge in [-0.1, -0.05) is 18.2 Å². The quantitative estimate of drug-likeness (QED) is 0.433. The van der Waals surface area contributed by atoms with Crippen molar-refractivity contribution in [2.75, 3.05) is 13.2 Å². The Balaban J connectivity index is 1.44. The molecule has 6 rings (SSSR count). The molecule has 1 saturated heterocycles. The second-order valence-electron chi connectivity index (χ2n) is 9.00. The predicted molar refractivity (Wildman–Crippen MR) is 120 cm³/mol. The highest BCUT2D eigenvalue weighted by Gasteiger charge is 2.38. The van der Waals surface area contributed by atoms with Crippen molar-refractivity contribution in [3.05, 3.63) is 77.5 Å². The Morgan fingerprint density at radius 1 is 1.19 bits per heavy atom. The van der Waals surface area contributed by atoms with E-state index in [0.717, 1.165) is 0 Å². The standard InChI is InChI=1S/C25H21F3N4O4/c26-17-8-20-31-21-18(33)7-15(14-3-1-2-4-19(14)36-24(27)28)22(21)32(20)11-16(17)13-9-29-23(30-10-13)25(34)5-6-35-12-25/h1-4,8-11,15,18,24,33-34H,5-7,12H2. The van der Waals surface area contributed by atoms with Crippen LogP contribution in [0, 0.1) is 5.82 Å². The van der Waals surface area contributed by atoms with Gasteiger partial charge in [-0.3, -0.25) is 0 Å². The Kier molecular flexibility index (Phi) is 5.43. The number of aromatic nitrogens is 4. The fourth-order valence-corrected chi connectivity index (χ4v) is 5.04. The van der Waals surface area contributed by atoms with Crippen molar-refractivity contribution in [2.24, 2.45) is 0 Å². The van der Waals surface area contributed by atoms with Crippen LogP contribution in [0.3, 0.4) is 0 Å². The number of hydrogen-bond acceptors (Lipinski definition) is 7. The van der Waals surface area contributed by atoms with Crippen LogP contribution in [-0.4, -0.2) is 49.4 Å². The second kappa shape index (κ2) is 8.54. The summed E-state index contributed by atoms with van der Waals surface area (Å²) in [5, 5.41) is 21.3. The topological polar surface area (TPSA) is 102 Å². The van der Waals surface area contributed by atoms with Crippen LogP contribution in [0.4, 0.5) is 13.2 Å². The normalized spacial score (nSPS) is 23.5. The molecule has 0 bridgehead atoms. The number of nitrogens with zero attached hydrogens (tertiary/aromatic N) is 4. The summed E-state index contributed by atoms with van der Waals surface area (Å²) in [5.41, 5.74) is 0.956. The van der Waals surface area contributed by atoms with Crippen molar-refractivity contribution in [2.45, 2.75) is 37.1 Å². The maximum Gasteiger partial charge on any atom is 0.387 e. The lowest BCUT2D eigenvalue weighted by atomic mass is 9.95. The lowest BCUT2D eigenvalue weighted by molar-refractivity contribution is -0.0506. The number of rotatable bonds is 5. The van der Waals surface area contributed by atoms with Crippen LogP contribution in [0.1, 0.15) is 47.6 Å². The average molecular weight is 498 g/mol. The molecule has 0 radical (unpaired) electrons. The first-order valence-electron chi connectivity index (χ1n) is 11.4. The largest absolute Gasteiger partial charge is 0.435 e. The lowest BCUT2D eigenvalue weighted by Crippen LogP contribution is -2.28. The maximum atomic E-state index is 15.1. The Morgan fingerprint density at radius 2 is 1.97 bits per heavy atom. The van der Waals surface area contributed by atoms with E-state index in [1.54, 1.807) is 22.6 Å². The van der Waals surface area contributed by atoms with Crippen molar-refractivity contribution in [3.63, 3.8) is 0 Å². The van der Waals surface area contributed by atoms with Gasteiger partial charge in [0.15, 0.2) is 5.82 Å². The van der Waals surface area contributed by atoms with Crippen LogP contribution in [0.5, 0.6) is 5.75 Å². The highest BCUT2D eigenvalue weighted by Crippen LogP contribution is 2.47. The molecule has 0 amide bonds. The zero-order valence-electron chi connectivity index (χ0n) is 18.8. The molecule has 1 aliphatic carbocycles. The smallest absolute Gasteiger partial charge is 0.387 e. The minimum Gasteiger partial charge on any atom is -0.435 e. The number of aliphatic hydroxyl groups is 2. The van der Waals surface area contributed by atoms with Gasteiger partial charge in [-0.25, -0.2) is 19.3 Å². The molecule has 3 aromatic heterocycles. The summed E-state index contributed by atoms with van der Waals surface area (Å²) in [4.78, 5) is 12.9. The van der Waals surface area contributed by atoms with Crippen LogP contribution >= 0.6 is 0 Å². The Bertz CT molecular complexity index is 1440. The third-order valence-corrected chi connectivity index (χ3v) is 6.77. The first-order valence-corrected chi connectivity index (χ1v) is 11.4. The van der Waals surface area contributed by atoms with Gasteiger partial charge in [0.2, 0.25) is 0 Å². The molecule has 186 valence electrons. The van der Waals surface area contributed by atoms with E-state index in [-0.39, 0.29) is 35.8 Å². The molecular weight excluding hydrogens is 477 g/mol. The summed E-state index contributed by atoms with van der Waals surface area (Å²) < 4.78 is 52.8. The number of fused-ring (bicyclic) bond motifs is 3. The molecule has 1 fully saturated rings. The van der Waals surface area contributed by atoms with Gasteiger partial charge in [0, 0.05) is 53.7 Å². The molecule has 3 atom stereocenters. The molecular formula is C25H21F3N4O4. The van der Waals surface area contributed by atoms with Crippen LogP contribution in [-0.2, 0) is 10.3 Å². The summed E-state index contributed by atoms with van der Waals surface area (Å²) in [5.74, 6) is -0.869. The zero-order chi connectivity index (χ0) is 25.0. The Hall–Kier alpha value is -3.54. The molecule has 11 heteroatoms. The van der Waals surface area contributed by atoms with E-state index < -0.39 is 30.1 Å². The van der Waals surface area contributed by atoms with Gasteiger partial charge >= 0.3 is 6.61 Å². The van der Waals surface area contributed by atoms with E-state index in [9.17, 15) is 19.0 Å². The number of alkyl halides is 2. The molecule has 1 aromatic carbocycles. The van der Waals surface area contributed by atoms with Gasteiger partial charge in [-0.2, -0.15) is 8.78 Å². The van der Waals surface area contributed by atoms with Gasteiger partial charge in [0.05, 0.1) is 30.7 Å². The number of imidazole rings is 1. The predicted octanol–water partition coefficient (Wildman–Crippen LogP) is 3.71. The molecule has 4 aromatic rings. The molecule has 3 unspecified atom stereocenters. The van der Waals surface area contributed by atoms with E-state index in [1.807, 2.05) is 0 Å². The molecule has 8 nitrogen and oxygen atoms in total. The SMILES string of the molecule is OC1CC(c2ccccc2OC(F)F)c2c1nc1cc(F)c(-c3cnc(C4(O)CCOC4)nc3)cn21. The first-order chi connectivity index (χ1) is 17.3. The Labute approximate surface area is 203 Å². The summed E-state index contributed by atoms with van der Waals surface area (Å²) in [6.45, 7) is -2.51. The number of benzene rings is 1. The molecule has 36 heavy (non-hydrogen) atoms. The van der Waals surface area contributed by atoms with Crippen LogP contribution in [0.2, 0.25) is 0 Å². The third-order valence-electron chi connectivity index (χ3n) is 6.77. The number of aliphatic hydroxyl groups excluding tert-OH is 1. The van der Waals surface area contributed by atoms with E-state index in [0.29, 0.717) is 35.5 Å². The minimum absolute atomic E-state index is 0.00708. The van der Waals surface area contributed by atoms with Crippen molar-refractivity contribution in [1.82, 2.24) is 19.4 Å². The monoisotopic (exact) mass is 498 g/mol. The fraction of sp³-hybridized carbons (Fsp3) is 0.320. The number of halogens is 3. The van der Waals surface area contributed by atoms with Gasteiger partial charge in [0.25, 0.3) is 0 Å². The van der Waals surface area contributed by atoms with Crippen LogP contribution in [0.25, 0.3) is 16.8 Å². The number of ether oxygens (including phenoxy) is 2. The van der Waals surface area contributed by atoms with Crippen molar-refractivity contribution in [3.8, 4) is 16.9 Å². The summed E-state index contributed by atoms with van der Waals surface area (Å²) in [7, 11) is 0. The summed E-state index contributed by atoms with van der Waals surface area (Å²) in [6, 6.07) is 7.65. The van der Waals surface area contributed by atoms with Gasteiger partial charge in [-0.05, 0) is 12.5 Å². The second-order valence-corrected chi connectivity index (χ2v) is 9.00. The van der Waals surface area contributed by atoms with E-state index in [4.69, 9.17) is 9.47 Å². The average Bonchev–Trinajstić information content (AvgIpc) is 3.54. The molecule has 2 N–H and O–H groups in total. The third kappa shape index (κ3) is 3.71. The molecule has 4 heterocycles. The number of hydrogen-bond donors (Lipinski definition) is 2. The van der Waals surface area contributed by atoms with E-state index in [2.05, 4.69) is 15.0 Å². The number of pyridine rings is 1. The summed E-state index contributed by atoms with van der Waals surface area (Å²) >= 11 is 0. The Morgan fingerprint density at radius 3 is 2.69 bits per heavy atom. The van der Waals surface area contributed by atoms with E-state index in [1.165, 1.54) is 30.7 Å². The van der Waals surface area contributed by atoms with Crippen LogP contribution < -0.4 is 4.74 Å². The molecule has 0 saturated carbocycles. The highest BCUT2D eigenvalue weighted by molar-refractivity contribution is 5.65. The van der Waals surface area contributed by atoms with Crippen molar-refractivity contribution < 1.29 is 32.9 Å². The molecule has 0 spiro atoms. The maximum absolute atomic E-state index is 15.1. The van der Waals surface area contributed by atoms with Crippen LogP contribution in [0.15, 0.2) is 48.9 Å². The molecule has 1 aliphatic heterocycles. The van der Waals surface area contributed by atoms with Crippen molar-refractivity contribution >= 4 is 5.65 Å². The first kappa shape index (κ1) is 22.9. The minimum atomic E-state index is -3.00. The number of para-hydroxylation sites is 1. The van der Waals surface area contributed by atoms with Gasteiger partial charge < -0.3 is 24.1 Å². The van der Waals surface area contributed by atoms with Crippen molar-refractivity contribution in [1.29, 1.82) is 0 Å².